The van der Waals surface area contributed by atoms with Crippen LogP contribution in [0.2, 0.25) is 0 Å². The molecule has 1 N–H and O–H groups in total. The monoisotopic (exact) mass is 205 g/mol. The maximum atomic E-state index is 13.6. The van der Waals surface area contributed by atoms with E-state index in [4.69, 9.17) is 0 Å². The summed E-state index contributed by atoms with van der Waals surface area (Å²) in [5.41, 5.74) is 2.17. The van der Waals surface area contributed by atoms with Crippen LogP contribution in [0.4, 0.5) is 4.39 Å². The Balaban J connectivity index is 3.00. The van der Waals surface area contributed by atoms with Gasteiger partial charge < -0.3 is 5.32 Å². The van der Waals surface area contributed by atoms with Gasteiger partial charge >= 0.3 is 0 Å². The minimum absolute atomic E-state index is 0.226. The molecule has 2 heteroatoms. The van der Waals surface area contributed by atoms with Gasteiger partial charge in [-0.2, -0.15) is 0 Å². The van der Waals surface area contributed by atoms with Crippen LogP contribution in [0.15, 0.2) is 37.4 Å². The summed E-state index contributed by atoms with van der Waals surface area (Å²) in [6.07, 6.45) is 2.51. The van der Waals surface area contributed by atoms with Crippen molar-refractivity contribution < 1.29 is 4.39 Å². The van der Waals surface area contributed by atoms with E-state index in [-0.39, 0.29) is 5.82 Å². The topological polar surface area (TPSA) is 12.0 Å². The van der Waals surface area contributed by atoms with Crippen molar-refractivity contribution >= 4 is 5.70 Å². The number of aryl methyl sites for hydroxylation is 1. The predicted octanol–water partition coefficient (Wildman–Crippen LogP) is 3.13. The maximum absolute atomic E-state index is 13.6. The minimum Gasteiger partial charge on any atom is -0.381 e. The first-order valence-electron chi connectivity index (χ1n) is 5.02. The number of halogens is 1. The first-order valence-corrected chi connectivity index (χ1v) is 5.02. The van der Waals surface area contributed by atoms with Crippen molar-refractivity contribution in [1.82, 2.24) is 5.32 Å². The van der Waals surface area contributed by atoms with Crippen LogP contribution in [0.3, 0.4) is 0 Å². The molecule has 0 saturated heterocycles. The van der Waals surface area contributed by atoms with E-state index in [1.165, 1.54) is 6.07 Å². The lowest BCUT2D eigenvalue weighted by atomic mass is 10.0. The number of benzene rings is 1. The molecule has 0 bridgehead atoms. The van der Waals surface area contributed by atoms with E-state index in [1.54, 1.807) is 12.1 Å². The van der Waals surface area contributed by atoms with Crippen LogP contribution in [0.5, 0.6) is 0 Å². The summed E-state index contributed by atoms with van der Waals surface area (Å²) >= 11 is 0. The van der Waals surface area contributed by atoms with Crippen molar-refractivity contribution in [1.29, 1.82) is 0 Å². The van der Waals surface area contributed by atoms with Gasteiger partial charge in [0.1, 0.15) is 5.82 Å². The van der Waals surface area contributed by atoms with Crippen molar-refractivity contribution in [2.75, 3.05) is 6.54 Å². The molecule has 0 spiro atoms. The summed E-state index contributed by atoms with van der Waals surface area (Å²) in [6.45, 7) is 10.0. The summed E-state index contributed by atoms with van der Waals surface area (Å²) in [5.74, 6) is -0.226. The second-order valence-corrected chi connectivity index (χ2v) is 3.28. The Morgan fingerprint density at radius 2 is 2.27 bits per heavy atom. The third kappa shape index (κ3) is 2.69. The zero-order valence-corrected chi connectivity index (χ0v) is 9.02. The van der Waals surface area contributed by atoms with Crippen LogP contribution in [0.25, 0.3) is 5.70 Å². The fourth-order valence-corrected chi connectivity index (χ4v) is 1.49. The highest BCUT2D eigenvalue weighted by Crippen LogP contribution is 2.20. The molecule has 1 nitrogen and oxygen atoms in total. The number of hydrogen-bond donors (Lipinski definition) is 1. The highest BCUT2D eigenvalue weighted by molar-refractivity contribution is 5.65. The Hall–Kier alpha value is -1.57. The Kier molecular flexibility index (Phi) is 4.10. The van der Waals surface area contributed by atoms with Crippen LogP contribution in [-0.2, 0) is 6.42 Å². The van der Waals surface area contributed by atoms with Gasteiger partial charge in [0.05, 0.1) is 0 Å². The normalized spacial score (nSPS) is 9.73. The first kappa shape index (κ1) is 11.5. The van der Waals surface area contributed by atoms with Crippen LogP contribution < -0.4 is 5.32 Å². The van der Waals surface area contributed by atoms with Gasteiger partial charge in [-0.15, -0.1) is 6.58 Å². The second kappa shape index (κ2) is 5.35. The van der Waals surface area contributed by atoms with Crippen LogP contribution in [0, 0.1) is 5.82 Å². The highest BCUT2D eigenvalue weighted by Gasteiger charge is 2.09. The Labute approximate surface area is 90.3 Å². The molecule has 15 heavy (non-hydrogen) atoms. The molecule has 0 aromatic heterocycles. The summed E-state index contributed by atoms with van der Waals surface area (Å²) in [5, 5.41) is 3.01. The average Bonchev–Trinajstić information content (AvgIpc) is 2.25. The molecule has 0 saturated carbocycles. The van der Waals surface area contributed by atoms with Crippen molar-refractivity contribution in [2.45, 2.75) is 13.3 Å². The lowest BCUT2D eigenvalue weighted by molar-refractivity contribution is 0.620. The predicted molar refractivity (Wildman–Crippen MR) is 63.0 cm³/mol. The molecule has 0 aliphatic heterocycles. The summed E-state index contributed by atoms with van der Waals surface area (Å²) in [6, 6.07) is 5.09. The maximum Gasteiger partial charge on any atom is 0.132 e. The van der Waals surface area contributed by atoms with Gasteiger partial charge in [0.25, 0.3) is 0 Å². The molecule has 1 rings (SSSR count). The smallest absolute Gasteiger partial charge is 0.132 e. The summed E-state index contributed by atoms with van der Waals surface area (Å²) in [4.78, 5) is 0. The van der Waals surface area contributed by atoms with E-state index in [0.717, 1.165) is 12.0 Å². The fourth-order valence-electron chi connectivity index (χ4n) is 1.49. The SMILES string of the molecule is C=CCNC(=C)c1c(F)cccc1CC. The highest BCUT2D eigenvalue weighted by atomic mass is 19.1. The van der Waals surface area contributed by atoms with Gasteiger partial charge in [-0.05, 0) is 18.1 Å². The molecule has 0 fully saturated rings. The van der Waals surface area contributed by atoms with Gasteiger partial charge in [0.2, 0.25) is 0 Å². The Morgan fingerprint density at radius 1 is 1.53 bits per heavy atom. The van der Waals surface area contributed by atoms with Gasteiger partial charge in [0, 0.05) is 17.8 Å². The molecule has 80 valence electrons. The lowest BCUT2D eigenvalue weighted by Gasteiger charge is -2.12. The van der Waals surface area contributed by atoms with E-state index in [9.17, 15) is 4.39 Å². The van der Waals surface area contributed by atoms with Crippen molar-refractivity contribution in [3.63, 3.8) is 0 Å². The molecule has 0 amide bonds. The van der Waals surface area contributed by atoms with E-state index >= 15 is 0 Å². The van der Waals surface area contributed by atoms with Gasteiger partial charge in [0.15, 0.2) is 0 Å². The third-order valence-electron chi connectivity index (χ3n) is 2.24. The zero-order chi connectivity index (χ0) is 11.3. The fraction of sp³-hybridized carbons (Fsp3) is 0.231. The molecule has 0 unspecified atom stereocenters. The molecule has 0 aliphatic rings. The number of nitrogens with one attached hydrogen (secondary N) is 1. The lowest BCUT2D eigenvalue weighted by Crippen LogP contribution is -2.13. The zero-order valence-electron chi connectivity index (χ0n) is 9.02. The molecule has 0 aliphatic carbocycles. The van der Waals surface area contributed by atoms with Crippen molar-refractivity contribution in [3.8, 4) is 0 Å². The van der Waals surface area contributed by atoms with E-state index in [2.05, 4.69) is 18.5 Å². The molecule has 1 aromatic carbocycles. The number of rotatable bonds is 5. The van der Waals surface area contributed by atoms with Gasteiger partial charge in [-0.3, -0.25) is 0 Å². The molecular weight excluding hydrogens is 189 g/mol. The average molecular weight is 205 g/mol. The summed E-state index contributed by atoms with van der Waals surface area (Å²) in [7, 11) is 0. The van der Waals surface area contributed by atoms with Crippen LogP contribution in [-0.4, -0.2) is 6.54 Å². The van der Waals surface area contributed by atoms with E-state index < -0.39 is 0 Å². The molecular formula is C13H16FN. The third-order valence-corrected chi connectivity index (χ3v) is 2.24. The van der Waals surface area contributed by atoms with Crippen molar-refractivity contribution in [2.24, 2.45) is 0 Å². The molecule has 0 heterocycles. The molecule has 0 radical (unpaired) electrons. The van der Waals surface area contributed by atoms with Crippen LogP contribution >= 0.6 is 0 Å². The Morgan fingerprint density at radius 3 is 2.87 bits per heavy atom. The second-order valence-electron chi connectivity index (χ2n) is 3.28. The molecule has 1 aromatic rings. The van der Waals surface area contributed by atoms with Gasteiger partial charge in [-0.1, -0.05) is 31.7 Å². The number of hydrogen-bond acceptors (Lipinski definition) is 1. The largest absolute Gasteiger partial charge is 0.381 e. The molecule has 0 atom stereocenters. The first-order chi connectivity index (χ1) is 7.20. The summed E-state index contributed by atoms with van der Waals surface area (Å²) < 4.78 is 13.6. The minimum atomic E-state index is -0.226. The quantitative estimate of drug-likeness (QED) is 0.728. The standard InChI is InChI=1S/C13H16FN/c1-4-9-15-10(3)13-11(5-2)7-6-8-12(13)14/h4,6-8,15H,1,3,5,9H2,2H3. The Bertz CT molecular complexity index is 369. The van der Waals surface area contributed by atoms with Gasteiger partial charge in [-0.25, -0.2) is 4.39 Å². The van der Waals surface area contributed by atoms with Crippen LogP contribution in [0.1, 0.15) is 18.1 Å². The van der Waals surface area contributed by atoms with E-state index in [1.807, 2.05) is 13.0 Å². The van der Waals surface area contributed by atoms with E-state index in [0.29, 0.717) is 17.8 Å². The van der Waals surface area contributed by atoms with Crippen molar-refractivity contribution in [3.05, 3.63) is 54.4 Å².